The second kappa shape index (κ2) is 11.8. The van der Waals surface area contributed by atoms with Gasteiger partial charge >= 0.3 is 10.2 Å². The summed E-state index contributed by atoms with van der Waals surface area (Å²) >= 11 is 6.78. The number of hydrogen-bond acceptors (Lipinski definition) is 6. The van der Waals surface area contributed by atoms with E-state index in [4.69, 9.17) is 16.1 Å². The minimum Gasteiger partial charge on any atom is -0.383 e. The summed E-state index contributed by atoms with van der Waals surface area (Å²) in [5.41, 5.74) is 0.597. The molecule has 2 saturated heterocycles. The van der Waals surface area contributed by atoms with Crippen molar-refractivity contribution in [2.75, 3.05) is 10.0 Å². The molecule has 2 bridgehead atoms. The second-order valence-corrected chi connectivity index (χ2v) is 14.2. The maximum atomic E-state index is 14.1. The summed E-state index contributed by atoms with van der Waals surface area (Å²) in [4.78, 5) is 13.4. The number of fused-ring (bicyclic) bond motifs is 3. The minimum absolute atomic E-state index is 0.0339. The van der Waals surface area contributed by atoms with Crippen LogP contribution >= 0.6 is 11.6 Å². The standard InChI is InChI=1S/C32H32ClF2N5O5S/c33-28-29(25-9-5-2-6-14-39(25)30(28)31(41)36-20-10-13-23(34)24(35)15-20)38-46(43,44)40-21-11-12-22(40)18-32(42,17-21)27-16-26(45-37-27)19-7-3-1-4-8-19/h1,3-4,7-8,10,13,15-16,21-22,38,42H,2,5-6,9,11-12,14,17-18H2,(H,36,41). The van der Waals surface area contributed by atoms with Gasteiger partial charge in [-0.15, -0.1) is 0 Å². The predicted octanol–water partition coefficient (Wildman–Crippen LogP) is 6.22. The first-order valence-electron chi connectivity index (χ1n) is 15.3. The molecule has 3 aliphatic rings. The molecule has 2 fully saturated rings. The quantitative estimate of drug-likeness (QED) is 0.214. The number of hydrogen-bond donors (Lipinski definition) is 3. The van der Waals surface area contributed by atoms with Crippen LogP contribution in [0.15, 0.2) is 59.1 Å². The van der Waals surface area contributed by atoms with E-state index >= 15 is 0 Å². The first-order valence-corrected chi connectivity index (χ1v) is 17.1. The summed E-state index contributed by atoms with van der Waals surface area (Å²) in [5, 5.41) is 18.4. The number of halogens is 3. The number of nitrogens with zero attached hydrogens (tertiary/aromatic N) is 3. The summed E-state index contributed by atoms with van der Waals surface area (Å²) in [6, 6.07) is 13.1. The van der Waals surface area contributed by atoms with E-state index in [1.165, 1.54) is 10.4 Å². The molecule has 4 aromatic rings. The number of aromatic nitrogens is 2. The highest BCUT2D eigenvalue weighted by Crippen LogP contribution is 2.48. The van der Waals surface area contributed by atoms with E-state index in [1.807, 2.05) is 30.3 Å². The highest BCUT2D eigenvalue weighted by atomic mass is 35.5. The molecule has 0 aliphatic carbocycles. The number of carbonyl (C=O) groups excluding carboxylic acids is 1. The van der Waals surface area contributed by atoms with Crippen LogP contribution in [-0.4, -0.2) is 45.5 Å². The van der Waals surface area contributed by atoms with E-state index in [0.29, 0.717) is 43.0 Å². The average Bonchev–Trinajstić information content (AvgIpc) is 3.64. The molecule has 3 N–H and O–H groups in total. The molecule has 10 nitrogen and oxygen atoms in total. The molecule has 0 spiro atoms. The molecule has 242 valence electrons. The maximum Gasteiger partial charge on any atom is 0.302 e. The fourth-order valence-corrected chi connectivity index (χ4v) is 9.30. The maximum absolute atomic E-state index is 14.1. The monoisotopic (exact) mass is 671 g/mol. The Kier molecular flexibility index (Phi) is 7.90. The second-order valence-electron chi connectivity index (χ2n) is 12.2. The molecule has 5 heterocycles. The van der Waals surface area contributed by atoms with E-state index < -0.39 is 45.4 Å². The number of nitrogens with one attached hydrogen (secondary N) is 2. The molecule has 2 atom stereocenters. The minimum atomic E-state index is -4.18. The summed E-state index contributed by atoms with van der Waals surface area (Å²) in [7, 11) is -4.18. The van der Waals surface area contributed by atoms with E-state index in [9.17, 15) is 27.1 Å². The van der Waals surface area contributed by atoms with Crippen LogP contribution in [0.2, 0.25) is 5.02 Å². The molecule has 0 radical (unpaired) electrons. The molecule has 1 amide bonds. The SMILES string of the molecule is O=C(Nc1ccc(F)c(F)c1)c1c(Cl)c(NS(=O)(=O)N2C3CCC2CC(O)(c2cc(-c4ccccc4)on2)C3)c2n1CCCCC2. The molecule has 2 unspecified atom stereocenters. The van der Waals surface area contributed by atoms with Gasteiger partial charge < -0.3 is 19.5 Å². The van der Waals surface area contributed by atoms with E-state index in [1.54, 1.807) is 10.6 Å². The van der Waals surface area contributed by atoms with Crippen LogP contribution in [0.25, 0.3) is 11.3 Å². The zero-order valence-electron chi connectivity index (χ0n) is 24.7. The van der Waals surface area contributed by atoms with Gasteiger partial charge in [0.2, 0.25) is 0 Å². The Morgan fingerprint density at radius 2 is 1.76 bits per heavy atom. The smallest absolute Gasteiger partial charge is 0.302 e. The van der Waals surface area contributed by atoms with Crippen LogP contribution in [0.1, 0.15) is 66.8 Å². The third-order valence-electron chi connectivity index (χ3n) is 9.25. The molecule has 3 aliphatic heterocycles. The van der Waals surface area contributed by atoms with Gasteiger partial charge in [-0.05, 0) is 57.1 Å². The number of aliphatic hydroxyl groups is 1. The Balaban J connectivity index is 1.15. The topological polar surface area (TPSA) is 130 Å². The van der Waals surface area contributed by atoms with Crippen molar-refractivity contribution < 1.29 is 31.6 Å². The fourth-order valence-electron chi connectivity index (χ4n) is 7.17. The van der Waals surface area contributed by atoms with Crippen LogP contribution in [0.4, 0.5) is 20.2 Å². The highest BCUT2D eigenvalue weighted by Gasteiger charge is 2.54. The van der Waals surface area contributed by atoms with Crippen molar-refractivity contribution in [2.45, 2.75) is 75.6 Å². The van der Waals surface area contributed by atoms with Crippen LogP contribution in [-0.2, 0) is 28.8 Å². The lowest BCUT2D eigenvalue weighted by molar-refractivity contribution is -0.0391. The Bertz CT molecular complexity index is 1900. The van der Waals surface area contributed by atoms with Gasteiger partial charge in [-0.1, -0.05) is 53.5 Å². The Morgan fingerprint density at radius 3 is 2.48 bits per heavy atom. The van der Waals surface area contributed by atoms with Crippen molar-refractivity contribution in [3.63, 3.8) is 0 Å². The first-order chi connectivity index (χ1) is 22.0. The van der Waals surface area contributed by atoms with Crippen molar-refractivity contribution in [2.24, 2.45) is 0 Å². The van der Waals surface area contributed by atoms with Crippen molar-refractivity contribution in [1.29, 1.82) is 0 Å². The van der Waals surface area contributed by atoms with Gasteiger partial charge in [-0.2, -0.15) is 12.7 Å². The molecule has 46 heavy (non-hydrogen) atoms. The molecular weight excluding hydrogens is 640 g/mol. The Labute approximate surface area is 269 Å². The van der Waals surface area contributed by atoms with Crippen LogP contribution < -0.4 is 10.0 Å². The zero-order valence-corrected chi connectivity index (χ0v) is 26.3. The zero-order chi connectivity index (χ0) is 32.2. The lowest BCUT2D eigenvalue weighted by Gasteiger charge is -2.41. The fraction of sp³-hybridized carbons (Fsp3) is 0.375. The molecular formula is C32H32ClF2N5O5S. The molecule has 0 saturated carbocycles. The van der Waals surface area contributed by atoms with E-state index in [-0.39, 0.29) is 34.9 Å². The van der Waals surface area contributed by atoms with Crippen molar-refractivity contribution in [3.8, 4) is 11.3 Å². The third kappa shape index (κ3) is 5.48. The van der Waals surface area contributed by atoms with Crippen molar-refractivity contribution in [1.82, 2.24) is 14.0 Å². The van der Waals surface area contributed by atoms with Gasteiger partial charge in [0, 0.05) is 47.7 Å². The molecule has 7 rings (SSSR count). The summed E-state index contributed by atoms with van der Waals surface area (Å²) in [6.45, 7) is 0.433. The van der Waals surface area contributed by atoms with Crippen LogP contribution in [0.5, 0.6) is 0 Å². The summed E-state index contributed by atoms with van der Waals surface area (Å²) < 4.78 is 66.8. The van der Waals surface area contributed by atoms with Crippen molar-refractivity contribution in [3.05, 3.63) is 88.3 Å². The van der Waals surface area contributed by atoms with Gasteiger partial charge in [-0.3, -0.25) is 9.52 Å². The van der Waals surface area contributed by atoms with Crippen molar-refractivity contribution >= 4 is 39.1 Å². The summed E-state index contributed by atoms with van der Waals surface area (Å²) in [5.74, 6) is -2.32. The molecule has 14 heteroatoms. The molecule has 2 aromatic carbocycles. The largest absolute Gasteiger partial charge is 0.383 e. The number of rotatable bonds is 7. The number of piperidine rings is 1. The number of carbonyl (C=O) groups is 1. The highest BCUT2D eigenvalue weighted by molar-refractivity contribution is 7.90. The normalized spacial score (nSPS) is 23.1. The lowest BCUT2D eigenvalue weighted by Crippen LogP contribution is -2.53. The Morgan fingerprint density at radius 1 is 1.02 bits per heavy atom. The Hall–Kier alpha value is -3.78. The van der Waals surface area contributed by atoms with Gasteiger partial charge in [-0.25, -0.2) is 8.78 Å². The van der Waals surface area contributed by atoms with E-state index in [2.05, 4.69) is 15.2 Å². The van der Waals surface area contributed by atoms with E-state index in [0.717, 1.165) is 37.0 Å². The number of anilines is 2. The van der Waals surface area contributed by atoms with Crippen LogP contribution in [0.3, 0.4) is 0 Å². The van der Waals surface area contributed by atoms with Gasteiger partial charge in [0.25, 0.3) is 5.91 Å². The average molecular weight is 672 g/mol. The lowest BCUT2D eigenvalue weighted by atomic mass is 9.84. The molecule has 2 aromatic heterocycles. The first kappa shape index (κ1) is 30.9. The van der Waals surface area contributed by atoms with Gasteiger partial charge in [0.1, 0.15) is 17.0 Å². The van der Waals surface area contributed by atoms with Crippen LogP contribution in [0, 0.1) is 11.6 Å². The predicted molar refractivity (Wildman–Crippen MR) is 168 cm³/mol. The number of benzene rings is 2. The van der Waals surface area contributed by atoms with Gasteiger partial charge in [0.05, 0.1) is 10.7 Å². The third-order valence-corrected chi connectivity index (χ3v) is 11.2. The number of amides is 1. The summed E-state index contributed by atoms with van der Waals surface area (Å²) in [6.07, 6.45) is 4.25. The van der Waals surface area contributed by atoms with Gasteiger partial charge in [0.15, 0.2) is 17.4 Å².